The van der Waals surface area contributed by atoms with Gasteiger partial charge in [-0.1, -0.05) is 12.1 Å². The number of carbonyl (C=O) groups is 1. The van der Waals surface area contributed by atoms with Gasteiger partial charge in [0.1, 0.15) is 5.75 Å². The van der Waals surface area contributed by atoms with Crippen LogP contribution in [0.25, 0.3) is 0 Å². The second-order valence-corrected chi connectivity index (χ2v) is 4.69. The molecule has 0 aliphatic carbocycles. The maximum Gasteiger partial charge on any atom is 0.412 e. The van der Waals surface area contributed by atoms with Crippen molar-refractivity contribution in [3.63, 3.8) is 0 Å². The third-order valence-corrected chi connectivity index (χ3v) is 2.27. The topological polar surface area (TPSA) is 49.8 Å². The van der Waals surface area contributed by atoms with E-state index in [2.05, 4.69) is 0 Å². The maximum atomic E-state index is 11.4. The molecular formula is C13H19NO3. The van der Waals surface area contributed by atoms with Crippen LogP contribution >= 0.6 is 0 Å². The van der Waals surface area contributed by atoms with Crippen molar-refractivity contribution in [1.29, 1.82) is 0 Å². The molecule has 0 saturated carbocycles. The van der Waals surface area contributed by atoms with E-state index in [1.54, 1.807) is 18.2 Å². The quantitative estimate of drug-likeness (QED) is 0.876. The molecule has 0 aliphatic heterocycles. The monoisotopic (exact) mass is 237 g/mol. The minimum atomic E-state index is -0.982. The SMILES string of the molecule is CCOc1ccccc1N(C(=O)O)C(C)(C)C. The summed E-state index contributed by atoms with van der Waals surface area (Å²) in [6, 6.07) is 7.17. The van der Waals surface area contributed by atoms with E-state index in [-0.39, 0.29) is 0 Å². The molecule has 0 aliphatic rings. The molecule has 1 aromatic carbocycles. The Bertz CT molecular complexity index is 396. The Kier molecular flexibility index (Phi) is 3.99. The van der Waals surface area contributed by atoms with Crippen LogP contribution in [0.1, 0.15) is 27.7 Å². The van der Waals surface area contributed by atoms with Gasteiger partial charge in [0.05, 0.1) is 12.3 Å². The number of anilines is 1. The Labute approximate surface area is 102 Å². The molecule has 0 heterocycles. The molecule has 1 N–H and O–H groups in total. The summed E-state index contributed by atoms with van der Waals surface area (Å²) < 4.78 is 5.46. The van der Waals surface area contributed by atoms with Crippen LogP contribution in [0.2, 0.25) is 0 Å². The van der Waals surface area contributed by atoms with Crippen LogP contribution in [0, 0.1) is 0 Å². The van der Waals surface area contributed by atoms with Crippen LogP contribution in [0.15, 0.2) is 24.3 Å². The predicted octanol–water partition coefficient (Wildman–Crippen LogP) is 3.37. The zero-order chi connectivity index (χ0) is 13.1. The fourth-order valence-corrected chi connectivity index (χ4v) is 1.67. The fourth-order valence-electron chi connectivity index (χ4n) is 1.67. The predicted molar refractivity (Wildman–Crippen MR) is 67.9 cm³/mol. The first kappa shape index (κ1) is 13.4. The highest BCUT2D eigenvalue weighted by Gasteiger charge is 2.29. The van der Waals surface area contributed by atoms with E-state index < -0.39 is 11.6 Å². The molecule has 0 unspecified atom stereocenters. The number of amides is 1. The summed E-state index contributed by atoms with van der Waals surface area (Å²) in [7, 11) is 0. The molecule has 1 aromatic rings. The average Bonchev–Trinajstić information content (AvgIpc) is 2.18. The summed E-state index contributed by atoms with van der Waals surface area (Å²) in [5.41, 5.74) is 0.0633. The highest BCUT2D eigenvalue weighted by molar-refractivity contribution is 5.89. The number of para-hydroxylation sites is 2. The van der Waals surface area contributed by atoms with Crippen molar-refractivity contribution in [2.75, 3.05) is 11.5 Å². The Balaban J connectivity index is 3.23. The van der Waals surface area contributed by atoms with E-state index in [4.69, 9.17) is 4.74 Å². The molecule has 17 heavy (non-hydrogen) atoms. The number of rotatable bonds is 3. The molecule has 1 amide bonds. The van der Waals surface area contributed by atoms with Gasteiger partial charge in [0.25, 0.3) is 0 Å². The van der Waals surface area contributed by atoms with Gasteiger partial charge in [-0.3, -0.25) is 4.90 Å². The fraction of sp³-hybridized carbons (Fsp3) is 0.462. The molecule has 0 fully saturated rings. The number of benzene rings is 1. The number of hydrogen-bond acceptors (Lipinski definition) is 2. The molecule has 0 saturated heterocycles. The van der Waals surface area contributed by atoms with Crippen molar-refractivity contribution in [2.24, 2.45) is 0 Å². The zero-order valence-corrected chi connectivity index (χ0v) is 10.7. The standard InChI is InChI=1S/C13H19NO3/c1-5-17-11-9-7-6-8-10(11)14(12(15)16)13(2,3)4/h6-9H,5H2,1-4H3,(H,15,16). The number of carboxylic acid groups (broad SMARTS) is 1. The van der Waals surface area contributed by atoms with Crippen molar-refractivity contribution in [3.05, 3.63) is 24.3 Å². The summed E-state index contributed by atoms with van der Waals surface area (Å²) in [5.74, 6) is 0.590. The van der Waals surface area contributed by atoms with Crippen molar-refractivity contribution < 1.29 is 14.6 Å². The lowest BCUT2D eigenvalue weighted by molar-refractivity contribution is 0.195. The van der Waals surface area contributed by atoms with Crippen LogP contribution in [0.3, 0.4) is 0 Å². The maximum absolute atomic E-state index is 11.4. The van der Waals surface area contributed by atoms with E-state index in [0.29, 0.717) is 18.0 Å². The number of nitrogens with zero attached hydrogens (tertiary/aromatic N) is 1. The van der Waals surface area contributed by atoms with Crippen LogP contribution < -0.4 is 9.64 Å². The summed E-state index contributed by atoms with van der Waals surface area (Å²) >= 11 is 0. The molecular weight excluding hydrogens is 218 g/mol. The molecule has 0 aromatic heterocycles. The summed E-state index contributed by atoms with van der Waals surface area (Å²) in [6.07, 6.45) is -0.982. The lowest BCUT2D eigenvalue weighted by Gasteiger charge is -2.34. The second kappa shape index (κ2) is 5.08. The molecule has 0 spiro atoms. The lowest BCUT2D eigenvalue weighted by atomic mass is 10.1. The third-order valence-electron chi connectivity index (χ3n) is 2.27. The van der Waals surface area contributed by atoms with Crippen LogP contribution in [-0.4, -0.2) is 23.3 Å². The first-order valence-electron chi connectivity index (χ1n) is 5.63. The van der Waals surface area contributed by atoms with Crippen LogP contribution in [-0.2, 0) is 0 Å². The number of ether oxygens (including phenoxy) is 1. The van der Waals surface area contributed by atoms with Crippen LogP contribution in [0.5, 0.6) is 5.75 Å². The molecule has 94 valence electrons. The van der Waals surface area contributed by atoms with Gasteiger partial charge in [-0.2, -0.15) is 0 Å². The van der Waals surface area contributed by atoms with E-state index in [1.807, 2.05) is 33.8 Å². The largest absolute Gasteiger partial charge is 0.492 e. The summed E-state index contributed by atoms with van der Waals surface area (Å²) in [5, 5.41) is 9.33. The molecule has 4 nitrogen and oxygen atoms in total. The van der Waals surface area contributed by atoms with Crippen molar-refractivity contribution in [1.82, 2.24) is 0 Å². The van der Waals surface area contributed by atoms with Crippen LogP contribution in [0.4, 0.5) is 10.5 Å². The average molecular weight is 237 g/mol. The van der Waals surface area contributed by atoms with Crippen molar-refractivity contribution in [3.8, 4) is 5.75 Å². The van der Waals surface area contributed by atoms with Gasteiger partial charge in [0.2, 0.25) is 0 Å². The highest BCUT2D eigenvalue weighted by Crippen LogP contribution is 2.32. The minimum Gasteiger partial charge on any atom is -0.492 e. The molecule has 0 bridgehead atoms. The Morgan fingerprint density at radius 2 is 1.94 bits per heavy atom. The Morgan fingerprint density at radius 3 is 2.41 bits per heavy atom. The van der Waals surface area contributed by atoms with Gasteiger partial charge in [-0.25, -0.2) is 4.79 Å². The molecule has 0 atom stereocenters. The van der Waals surface area contributed by atoms with Crippen molar-refractivity contribution >= 4 is 11.8 Å². The first-order valence-corrected chi connectivity index (χ1v) is 5.63. The smallest absolute Gasteiger partial charge is 0.412 e. The van der Waals surface area contributed by atoms with E-state index in [0.717, 1.165) is 0 Å². The van der Waals surface area contributed by atoms with Gasteiger partial charge < -0.3 is 9.84 Å². The van der Waals surface area contributed by atoms with Gasteiger partial charge in [0.15, 0.2) is 0 Å². The van der Waals surface area contributed by atoms with Gasteiger partial charge in [0, 0.05) is 5.54 Å². The Hall–Kier alpha value is -1.71. The normalized spacial score (nSPS) is 11.1. The van der Waals surface area contributed by atoms with E-state index in [9.17, 15) is 9.90 Å². The van der Waals surface area contributed by atoms with E-state index >= 15 is 0 Å². The second-order valence-electron chi connectivity index (χ2n) is 4.69. The Morgan fingerprint density at radius 1 is 1.35 bits per heavy atom. The summed E-state index contributed by atoms with van der Waals surface area (Å²) in [4.78, 5) is 12.7. The molecule has 4 heteroatoms. The van der Waals surface area contributed by atoms with Gasteiger partial charge >= 0.3 is 6.09 Å². The molecule has 1 rings (SSSR count). The number of hydrogen-bond donors (Lipinski definition) is 1. The van der Waals surface area contributed by atoms with Gasteiger partial charge in [-0.15, -0.1) is 0 Å². The minimum absolute atomic E-state index is 0.509. The summed E-state index contributed by atoms with van der Waals surface area (Å²) in [6.45, 7) is 7.94. The zero-order valence-electron chi connectivity index (χ0n) is 10.7. The van der Waals surface area contributed by atoms with Crippen molar-refractivity contribution in [2.45, 2.75) is 33.2 Å². The highest BCUT2D eigenvalue weighted by atomic mass is 16.5. The lowest BCUT2D eigenvalue weighted by Crippen LogP contribution is -2.45. The van der Waals surface area contributed by atoms with Gasteiger partial charge in [-0.05, 0) is 39.8 Å². The third kappa shape index (κ3) is 3.12. The first-order chi connectivity index (χ1) is 7.88. The van der Waals surface area contributed by atoms with E-state index in [1.165, 1.54) is 4.90 Å². The molecule has 0 radical (unpaired) electrons.